The third-order valence-corrected chi connectivity index (χ3v) is 15.3. The average Bonchev–Trinajstić information content (AvgIpc) is 3.43. The van der Waals surface area contributed by atoms with Crippen molar-refractivity contribution in [3.63, 3.8) is 0 Å². The second-order valence-corrected chi connectivity index (χ2v) is 20.0. The Morgan fingerprint density at radius 2 is 1.22 bits per heavy atom. The molecule has 2 N–H and O–H groups in total. The molecule has 0 fully saturated rings. The van der Waals surface area contributed by atoms with Crippen LogP contribution in [0.2, 0.25) is 0 Å². The molecule has 1 aromatic heterocycles. The molecular formula is C42H45N2O3PS2. The van der Waals surface area contributed by atoms with Gasteiger partial charge >= 0.3 is 0 Å². The summed E-state index contributed by atoms with van der Waals surface area (Å²) >= 11 is -1.67. The van der Waals surface area contributed by atoms with Gasteiger partial charge in [0.2, 0.25) is 0 Å². The lowest BCUT2D eigenvalue weighted by atomic mass is 9.80. The SMILES string of the molecule is CC(C)(C)c1ccc(C(Cc2c(CP(c3ccccc3)c3ccccc3)n(S(=O)(=O)c3ccccc3)c3ccccc23)C(C)(C)[S+](N)[O-])cc1. The summed E-state index contributed by atoms with van der Waals surface area (Å²) < 4.78 is 43.8. The van der Waals surface area contributed by atoms with Crippen molar-refractivity contribution in [2.24, 2.45) is 5.14 Å². The molecule has 5 aromatic carbocycles. The van der Waals surface area contributed by atoms with Gasteiger partial charge in [-0.1, -0.05) is 142 Å². The topological polar surface area (TPSA) is 88.2 Å². The van der Waals surface area contributed by atoms with Gasteiger partial charge in [0, 0.05) is 34.5 Å². The molecule has 6 aromatic rings. The van der Waals surface area contributed by atoms with Gasteiger partial charge in [-0.25, -0.2) is 12.4 Å². The molecule has 2 unspecified atom stereocenters. The van der Waals surface area contributed by atoms with Crippen molar-refractivity contribution in [1.82, 2.24) is 3.97 Å². The first kappa shape index (κ1) is 36.1. The third kappa shape index (κ3) is 7.21. The molecule has 0 radical (unpaired) electrons. The molecule has 1 heterocycles. The Labute approximate surface area is 301 Å². The van der Waals surface area contributed by atoms with E-state index in [2.05, 4.69) is 69.3 Å². The van der Waals surface area contributed by atoms with E-state index in [-0.39, 0.29) is 16.2 Å². The van der Waals surface area contributed by atoms with Crippen LogP contribution in [0.5, 0.6) is 0 Å². The van der Waals surface area contributed by atoms with Gasteiger partial charge in [0.15, 0.2) is 0 Å². The van der Waals surface area contributed by atoms with E-state index in [1.807, 2.05) is 80.6 Å². The molecule has 50 heavy (non-hydrogen) atoms. The minimum absolute atomic E-state index is 0.0291. The summed E-state index contributed by atoms with van der Waals surface area (Å²) in [6, 6.07) is 45.7. The van der Waals surface area contributed by atoms with Crippen molar-refractivity contribution in [2.45, 2.75) is 68.2 Å². The summed E-state index contributed by atoms with van der Waals surface area (Å²) in [5.41, 5.74) is 4.49. The first-order valence-electron chi connectivity index (χ1n) is 16.9. The van der Waals surface area contributed by atoms with Gasteiger partial charge in [0.1, 0.15) is 4.75 Å². The highest BCUT2D eigenvalue weighted by Gasteiger charge is 2.42. The van der Waals surface area contributed by atoms with Crippen LogP contribution in [0.3, 0.4) is 0 Å². The van der Waals surface area contributed by atoms with E-state index in [1.54, 1.807) is 28.2 Å². The van der Waals surface area contributed by atoms with E-state index in [1.165, 1.54) is 5.56 Å². The fourth-order valence-electron chi connectivity index (χ4n) is 6.71. The van der Waals surface area contributed by atoms with Crippen LogP contribution < -0.4 is 15.7 Å². The minimum Gasteiger partial charge on any atom is -0.598 e. The number of fused-ring (bicyclic) bond motifs is 1. The maximum absolute atomic E-state index is 14.8. The van der Waals surface area contributed by atoms with Crippen LogP contribution in [-0.4, -0.2) is 21.7 Å². The van der Waals surface area contributed by atoms with Crippen LogP contribution in [0.25, 0.3) is 10.9 Å². The van der Waals surface area contributed by atoms with Gasteiger partial charge in [-0.15, -0.1) is 0 Å². The summed E-state index contributed by atoms with van der Waals surface area (Å²) in [4.78, 5) is 0.231. The molecule has 0 saturated carbocycles. The van der Waals surface area contributed by atoms with E-state index >= 15 is 0 Å². The second kappa shape index (κ2) is 14.5. The third-order valence-electron chi connectivity index (χ3n) is 9.71. The molecule has 0 saturated heterocycles. The molecule has 0 aliphatic heterocycles. The van der Waals surface area contributed by atoms with E-state index in [0.717, 1.165) is 32.8 Å². The highest BCUT2D eigenvalue weighted by Crippen LogP contribution is 2.45. The molecule has 6 rings (SSSR count). The van der Waals surface area contributed by atoms with Gasteiger partial charge in [-0.2, -0.15) is 5.14 Å². The molecule has 0 spiro atoms. The van der Waals surface area contributed by atoms with Crippen molar-refractivity contribution in [3.05, 3.63) is 162 Å². The molecule has 258 valence electrons. The monoisotopic (exact) mass is 720 g/mol. The van der Waals surface area contributed by atoms with Crippen LogP contribution in [0.15, 0.2) is 144 Å². The second-order valence-electron chi connectivity index (χ2n) is 14.3. The Kier molecular flexibility index (Phi) is 10.5. The quantitative estimate of drug-likeness (QED) is 0.107. The number of hydrogen-bond donors (Lipinski definition) is 1. The van der Waals surface area contributed by atoms with E-state index in [4.69, 9.17) is 5.14 Å². The number of hydrogen-bond acceptors (Lipinski definition) is 4. The Balaban J connectivity index is 1.63. The molecular weight excluding hydrogens is 676 g/mol. The molecule has 0 amide bonds. The van der Waals surface area contributed by atoms with Gasteiger partial charge in [-0.3, -0.25) is 0 Å². The van der Waals surface area contributed by atoms with Crippen molar-refractivity contribution in [2.75, 3.05) is 0 Å². The van der Waals surface area contributed by atoms with Crippen molar-refractivity contribution in [3.8, 4) is 0 Å². The summed E-state index contributed by atoms with van der Waals surface area (Å²) in [6.07, 6.45) is 0.936. The summed E-state index contributed by atoms with van der Waals surface area (Å²) in [7, 11) is -5.04. The molecule has 8 heteroatoms. The van der Waals surface area contributed by atoms with E-state index < -0.39 is 34.1 Å². The number of para-hydroxylation sites is 1. The van der Waals surface area contributed by atoms with Crippen molar-refractivity contribution < 1.29 is 13.0 Å². The highest BCUT2D eigenvalue weighted by molar-refractivity contribution is 7.90. The van der Waals surface area contributed by atoms with E-state index in [0.29, 0.717) is 18.1 Å². The van der Waals surface area contributed by atoms with Gasteiger partial charge in [-0.05, 0) is 79.1 Å². The summed E-state index contributed by atoms with van der Waals surface area (Å²) in [6.45, 7) is 10.5. The lowest BCUT2D eigenvalue weighted by molar-refractivity contribution is 0.481. The molecule has 0 aliphatic carbocycles. The highest BCUT2D eigenvalue weighted by atomic mass is 32.2. The fourth-order valence-corrected chi connectivity index (χ4v) is 11.3. The normalized spacial score (nSPS) is 13.8. The standard InChI is InChI=1S/C42H45N2O3PS2/c1-41(2,3)32-27-25-31(26-28-32)38(42(4,5)49(43)45)29-37-36-23-15-16-24-39(36)44(50(46,47)35-21-13-8-14-22-35)40(37)30-48(33-17-9-6-10-18-33)34-19-11-7-12-20-34/h6-28,38H,29-30,43H2,1-5H3. The number of rotatable bonds is 11. The predicted molar refractivity (Wildman–Crippen MR) is 212 cm³/mol. The molecule has 0 aliphatic rings. The summed E-state index contributed by atoms with van der Waals surface area (Å²) in [5, 5.41) is 9.46. The zero-order valence-corrected chi connectivity index (χ0v) is 31.8. The Bertz CT molecular complexity index is 2120. The zero-order valence-electron chi connectivity index (χ0n) is 29.3. The number of aromatic nitrogens is 1. The zero-order chi connectivity index (χ0) is 35.7. The maximum atomic E-state index is 14.8. The Morgan fingerprint density at radius 3 is 1.74 bits per heavy atom. The largest absolute Gasteiger partial charge is 0.598 e. The Morgan fingerprint density at radius 1 is 0.720 bits per heavy atom. The van der Waals surface area contributed by atoms with Crippen molar-refractivity contribution in [1.29, 1.82) is 0 Å². The van der Waals surface area contributed by atoms with Crippen LogP contribution in [0.4, 0.5) is 0 Å². The van der Waals surface area contributed by atoms with Gasteiger partial charge in [0.25, 0.3) is 10.0 Å². The fraction of sp³-hybridized carbons (Fsp3) is 0.238. The first-order chi connectivity index (χ1) is 23.8. The van der Waals surface area contributed by atoms with Crippen molar-refractivity contribution >= 4 is 50.8 Å². The van der Waals surface area contributed by atoms with Crippen LogP contribution >= 0.6 is 7.92 Å². The Hall–Kier alpha value is -3.71. The van der Waals surface area contributed by atoms with Crippen LogP contribution in [0.1, 0.15) is 62.9 Å². The molecule has 0 bridgehead atoms. The first-order valence-corrected chi connectivity index (χ1v) is 21.0. The van der Waals surface area contributed by atoms with Crippen LogP contribution in [0, 0.1) is 0 Å². The lowest BCUT2D eigenvalue weighted by Gasteiger charge is -2.34. The molecule has 5 nitrogen and oxygen atoms in total. The van der Waals surface area contributed by atoms with Gasteiger partial charge < -0.3 is 4.55 Å². The lowest BCUT2D eigenvalue weighted by Crippen LogP contribution is -2.44. The minimum atomic E-state index is -4.02. The summed E-state index contributed by atoms with van der Waals surface area (Å²) in [5.74, 6) is -0.278. The van der Waals surface area contributed by atoms with E-state index in [9.17, 15) is 13.0 Å². The predicted octanol–water partition coefficient (Wildman–Crippen LogP) is 8.54. The number of benzene rings is 5. The number of nitrogens with two attached hydrogens (primary N) is 1. The van der Waals surface area contributed by atoms with Crippen LogP contribution in [-0.2, 0) is 39.4 Å². The molecule has 2 atom stereocenters. The smallest absolute Gasteiger partial charge is 0.268 e. The average molecular weight is 721 g/mol. The van der Waals surface area contributed by atoms with Gasteiger partial charge in [0.05, 0.1) is 10.4 Å². The maximum Gasteiger partial charge on any atom is 0.268 e. The number of nitrogens with zero attached hydrogens (tertiary/aromatic N) is 1.